The van der Waals surface area contributed by atoms with Crippen molar-refractivity contribution in [3.05, 3.63) is 57.7 Å². The van der Waals surface area contributed by atoms with Crippen LogP contribution >= 0.6 is 11.3 Å². The molecule has 2 aromatic carbocycles. The van der Waals surface area contributed by atoms with Crippen molar-refractivity contribution in [1.82, 2.24) is 4.98 Å². The van der Waals surface area contributed by atoms with Gasteiger partial charge in [0.2, 0.25) is 0 Å². The van der Waals surface area contributed by atoms with Crippen LogP contribution in [0, 0.1) is 6.92 Å². The number of fused-ring (bicyclic) bond motifs is 1. The van der Waals surface area contributed by atoms with Crippen LogP contribution in [0.1, 0.15) is 5.56 Å². The largest absolute Gasteiger partial charge is 0.312 e. The topological polar surface area (TPSA) is 79.0 Å². The van der Waals surface area contributed by atoms with E-state index in [1.54, 1.807) is 24.3 Å². The summed E-state index contributed by atoms with van der Waals surface area (Å²) in [6.45, 7) is 1.89. The number of H-pyrrole nitrogens is 1. The minimum absolute atomic E-state index is 0.131. The summed E-state index contributed by atoms with van der Waals surface area (Å²) < 4.78 is 27.9. The van der Waals surface area contributed by atoms with Gasteiger partial charge in [-0.05, 0) is 42.8 Å². The van der Waals surface area contributed by atoms with Crippen molar-refractivity contribution in [2.24, 2.45) is 0 Å². The van der Waals surface area contributed by atoms with Gasteiger partial charge in [-0.2, -0.15) is 0 Å². The van der Waals surface area contributed by atoms with Crippen molar-refractivity contribution in [2.75, 3.05) is 4.72 Å². The molecular formula is C14H12N2O3S2. The smallest absolute Gasteiger partial charge is 0.305 e. The molecule has 108 valence electrons. The number of aryl methyl sites for hydroxylation is 1. The van der Waals surface area contributed by atoms with Crippen molar-refractivity contribution in [1.29, 1.82) is 0 Å². The lowest BCUT2D eigenvalue weighted by Gasteiger charge is -2.08. The number of nitrogens with one attached hydrogen (secondary N) is 2. The molecular weight excluding hydrogens is 308 g/mol. The fraction of sp³-hybridized carbons (Fsp3) is 0.0714. The average molecular weight is 320 g/mol. The van der Waals surface area contributed by atoms with Gasteiger partial charge in [0.15, 0.2) is 0 Å². The van der Waals surface area contributed by atoms with Gasteiger partial charge in [0.25, 0.3) is 10.0 Å². The van der Waals surface area contributed by atoms with Crippen LogP contribution in [0.3, 0.4) is 0 Å². The molecule has 5 nitrogen and oxygen atoms in total. The predicted octanol–water partition coefficient (Wildman–Crippen LogP) is 2.70. The number of anilines is 1. The molecule has 0 bridgehead atoms. The summed E-state index contributed by atoms with van der Waals surface area (Å²) >= 11 is 0.988. The summed E-state index contributed by atoms with van der Waals surface area (Å²) in [4.78, 5) is 13.8. The van der Waals surface area contributed by atoms with Crippen LogP contribution in [-0.2, 0) is 10.0 Å². The Morgan fingerprint density at radius 1 is 1.14 bits per heavy atom. The zero-order valence-corrected chi connectivity index (χ0v) is 12.7. The van der Waals surface area contributed by atoms with Crippen molar-refractivity contribution in [3.63, 3.8) is 0 Å². The first-order valence-corrected chi connectivity index (χ1v) is 8.46. The molecule has 0 spiro atoms. The molecule has 0 aliphatic heterocycles. The molecule has 0 saturated carbocycles. The van der Waals surface area contributed by atoms with E-state index < -0.39 is 10.0 Å². The molecule has 7 heteroatoms. The molecule has 1 aromatic heterocycles. The van der Waals surface area contributed by atoms with E-state index in [0.29, 0.717) is 15.9 Å². The Morgan fingerprint density at radius 2 is 1.95 bits per heavy atom. The van der Waals surface area contributed by atoms with Gasteiger partial charge in [-0.15, -0.1) is 0 Å². The highest BCUT2D eigenvalue weighted by atomic mass is 32.2. The van der Waals surface area contributed by atoms with E-state index in [2.05, 4.69) is 9.71 Å². The van der Waals surface area contributed by atoms with Gasteiger partial charge in [-0.25, -0.2) is 8.42 Å². The van der Waals surface area contributed by atoms with Crippen LogP contribution in [-0.4, -0.2) is 13.4 Å². The Labute approximate surface area is 125 Å². The molecule has 0 aliphatic rings. The van der Waals surface area contributed by atoms with E-state index in [4.69, 9.17) is 0 Å². The number of benzene rings is 2. The average Bonchev–Trinajstić information content (AvgIpc) is 2.77. The fourth-order valence-corrected chi connectivity index (χ4v) is 3.94. The molecule has 1 heterocycles. The van der Waals surface area contributed by atoms with E-state index in [9.17, 15) is 13.2 Å². The van der Waals surface area contributed by atoms with E-state index in [1.807, 2.05) is 13.0 Å². The highest BCUT2D eigenvalue weighted by molar-refractivity contribution is 7.92. The van der Waals surface area contributed by atoms with Gasteiger partial charge >= 0.3 is 4.87 Å². The lowest BCUT2D eigenvalue weighted by Crippen LogP contribution is -2.12. The molecule has 0 atom stereocenters. The lowest BCUT2D eigenvalue weighted by atomic mass is 10.2. The third kappa shape index (κ3) is 2.84. The van der Waals surface area contributed by atoms with E-state index in [1.165, 1.54) is 12.1 Å². The van der Waals surface area contributed by atoms with Gasteiger partial charge in [-0.1, -0.05) is 23.5 Å². The third-order valence-corrected chi connectivity index (χ3v) is 5.20. The zero-order chi connectivity index (χ0) is 15.0. The summed E-state index contributed by atoms with van der Waals surface area (Å²) in [5.74, 6) is 0. The lowest BCUT2D eigenvalue weighted by molar-refractivity contribution is 0.601. The zero-order valence-electron chi connectivity index (χ0n) is 11.1. The Balaban J connectivity index is 2.01. The fourth-order valence-electron chi connectivity index (χ4n) is 2.02. The summed E-state index contributed by atoms with van der Waals surface area (Å²) in [6.07, 6.45) is 0. The molecule has 0 radical (unpaired) electrons. The maximum Gasteiger partial charge on any atom is 0.305 e. The molecule has 2 N–H and O–H groups in total. The summed E-state index contributed by atoms with van der Waals surface area (Å²) in [5, 5.41) is 0. The van der Waals surface area contributed by atoms with Crippen LogP contribution in [0.4, 0.5) is 5.69 Å². The molecule has 0 aliphatic carbocycles. The molecule has 3 aromatic rings. The standard InChI is InChI=1S/C14H12N2O3S2/c1-9-3-2-4-10(7-9)16-21(18,19)11-5-6-12-13(8-11)20-14(17)15-12/h2-8,16H,1H3,(H,15,17). The SMILES string of the molecule is Cc1cccc(NS(=O)(=O)c2ccc3[nH]c(=O)sc3c2)c1. The maximum absolute atomic E-state index is 12.4. The van der Waals surface area contributed by atoms with E-state index >= 15 is 0 Å². The summed E-state index contributed by atoms with van der Waals surface area (Å²) in [5.41, 5.74) is 2.12. The van der Waals surface area contributed by atoms with Crippen molar-refractivity contribution in [3.8, 4) is 0 Å². The van der Waals surface area contributed by atoms with Crippen molar-refractivity contribution >= 4 is 37.3 Å². The second-order valence-electron chi connectivity index (χ2n) is 4.65. The number of aromatic amines is 1. The molecule has 3 rings (SSSR count). The Morgan fingerprint density at radius 3 is 2.71 bits per heavy atom. The highest BCUT2D eigenvalue weighted by Gasteiger charge is 2.15. The summed E-state index contributed by atoms with van der Waals surface area (Å²) in [6, 6.07) is 11.7. The highest BCUT2D eigenvalue weighted by Crippen LogP contribution is 2.22. The van der Waals surface area contributed by atoms with Crippen LogP contribution in [0.25, 0.3) is 10.2 Å². The van der Waals surface area contributed by atoms with Crippen LogP contribution in [0.15, 0.2) is 52.2 Å². The first-order valence-electron chi connectivity index (χ1n) is 6.16. The van der Waals surface area contributed by atoms with Crippen LogP contribution in [0.2, 0.25) is 0 Å². The van der Waals surface area contributed by atoms with E-state index in [-0.39, 0.29) is 9.77 Å². The number of thiazole rings is 1. The van der Waals surface area contributed by atoms with Gasteiger partial charge in [0.1, 0.15) is 0 Å². The van der Waals surface area contributed by atoms with Crippen molar-refractivity contribution in [2.45, 2.75) is 11.8 Å². The molecule has 0 saturated heterocycles. The normalized spacial score (nSPS) is 11.7. The number of hydrogen-bond donors (Lipinski definition) is 2. The summed E-state index contributed by atoms with van der Waals surface area (Å²) in [7, 11) is -3.67. The van der Waals surface area contributed by atoms with Gasteiger partial charge in [0, 0.05) is 5.69 Å². The van der Waals surface area contributed by atoms with Crippen LogP contribution in [0.5, 0.6) is 0 Å². The Hall–Kier alpha value is -2.12. The minimum Gasteiger partial charge on any atom is -0.312 e. The number of sulfonamides is 1. The first kappa shape index (κ1) is 13.8. The van der Waals surface area contributed by atoms with Crippen LogP contribution < -0.4 is 9.60 Å². The predicted molar refractivity (Wildman–Crippen MR) is 84.4 cm³/mol. The Kier molecular flexibility index (Phi) is 3.30. The number of hydrogen-bond acceptors (Lipinski definition) is 4. The molecule has 0 amide bonds. The molecule has 0 unspecified atom stereocenters. The van der Waals surface area contributed by atoms with Gasteiger partial charge < -0.3 is 4.98 Å². The molecule has 21 heavy (non-hydrogen) atoms. The van der Waals surface area contributed by atoms with Gasteiger partial charge in [-0.3, -0.25) is 9.52 Å². The minimum atomic E-state index is -3.67. The monoisotopic (exact) mass is 320 g/mol. The Bertz CT molecular complexity index is 971. The van der Waals surface area contributed by atoms with Gasteiger partial charge in [0.05, 0.1) is 15.1 Å². The quantitative estimate of drug-likeness (QED) is 0.779. The number of rotatable bonds is 3. The van der Waals surface area contributed by atoms with Crippen molar-refractivity contribution < 1.29 is 8.42 Å². The first-order chi connectivity index (χ1) is 9.94. The second-order valence-corrected chi connectivity index (χ2v) is 7.34. The van der Waals surface area contributed by atoms with E-state index in [0.717, 1.165) is 16.9 Å². The maximum atomic E-state index is 12.4. The second kappa shape index (κ2) is 5.01. The number of aromatic nitrogens is 1. The molecule has 0 fully saturated rings. The third-order valence-electron chi connectivity index (χ3n) is 2.97.